The number of rotatable bonds is 3. The van der Waals surface area contributed by atoms with E-state index in [1.807, 2.05) is 20.8 Å². The van der Waals surface area contributed by atoms with E-state index in [4.69, 9.17) is 4.74 Å². The number of carbonyl (C=O) groups is 2. The van der Waals surface area contributed by atoms with Crippen molar-refractivity contribution >= 4 is 18.0 Å². The number of fused-ring (bicyclic) bond motifs is 1. The highest BCUT2D eigenvalue weighted by Crippen LogP contribution is 2.18. The van der Waals surface area contributed by atoms with Crippen molar-refractivity contribution in [2.75, 3.05) is 39.3 Å². The zero-order valence-corrected chi connectivity index (χ0v) is 14.4. The Labute approximate surface area is 137 Å². The number of nitrogens with zero attached hydrogens (tertiary/aromatic N) is 3. The van der Waals surface area contributed by atoms with Crippen LogP contribution in [0.15, 0.2) is 4.99 Å². The van der Waals surface area contributed by atoms with Crippen molar-refractivity contribution in [1.82, 2.24) is 20.4 Å². The Kier molecular flexibility index (Phi) is 5.33. The zero-order valence-electron chi connectivity index (χ0n) is 14.4. The Morgan fingerprint density at radius 3 is 2.70 bits per heavy atom. The average molecular weight is 325 g/mol. The summed E-state index contributed by atoms with van der Waals surface area (Å²) in [4.78, 5) is 31.4. The fourth-order valence-electron chi connectivity index (χ4n) is 2.64. The van der Waals surface area contributed by atoms with Crippen LogP contribution in [0.5, 0.6) is 0 Å². The number of nitrogens with one attached hydrogen (secondary N) is 2. The molecule has 1 saturated heterocycles. The van der Waals surface area contributed by atoms with E-state index in [1.54, 1.807) is 4.90 Å². The van der Waals surface area contributed by atoms with Gasteiger partial charge in [-0.2, -0.15) is 0 Å². The molecule has 2 rings (SSSR count). The molecular formula is C15H27N5O3. The van der Waals surface area contributed by atoms with E-state index in [9.17, 15) is 9.59 Å². The third-order valence-electron chi connectivity index (χ3n) is 3.64. The largest absolute Gasteiger partial charge is 0.444 e. The Morgan fingerprint density at radius 2 is 2.04 bits per heavy atom. The van der Waals surface area contributed by atoms with Gasteiger partial charge >= 0.3 is 6.09 Å². The summed E-state index contributed by atoms with van der Waals surface area (Å²) in [7, 11) is 0. The number of ether oxygens (including phenoxy) is 1. The average Bonchev–Trinajstić information content (AvgIpc) is 2.84. The van der Waals surface area contributed by atoms with Gasteiger partial charge < -0.3 is 25.2 Å². The van der Waals surface area contributed by atoms with Crippen molar-refractivity contribution in [2.24, 2.45) is 4.99 Å². The highest BCUT2D eigenvalue weighted by molar-refractivity contribution is 5.82. The second kappa shape index (κ2) is 7.06. The molecule has 0 aromatic carbocycles. The van der Waals surface area contributed by atoms with Crippen LogP contribution >= 0.6 is 0 Å². The van der Waals surface area contributed by atoms with Gasteiger partial charge in [0.2, 0.25) is 5.91 Å². The van der Waals surface area contributed by atoms with Gasteiger partial charge in [-0.1, -0.05) is 0 Å². The lowest BCUT2D eigenvalue weighted by atomic mass is 10.2. The molecule has 1 atom stereocenters. The van der Waals surface area contributed by atoms with E-state index < -0.39 is 5.60 Å². The lowest BCUT2D eigenvalue weighted by molar-refractivity contribution is -0.118. The maximum absolute atomic E-state index is 12.2. The monoisotopic (exact) mass is 325 g/mol. The molecular weight excluding hydrogens is 298 g/mol. The Hall–Kier alpha value is -1.99. The third kappa shape index (κ3) is 5.01. The molecule has 8 nitrogen and oxygen atoms in total. The first-order valence-electron chi connectivity index (χ1n) is 8.03. The van der Waals surface area contributed by atoms with Crippen LogP contribution in [-0.2, 0) is 9.53 Å². The smallest absolute Gasteiger partial charge is 0.410 e. The van der Waals surface area contributed by atoms with E-state index >= 15 is 0 Å². The Bertz CT molecular complexity index is 486. The lowest BCUT2D eigenvalue weighted by Crippen LogP contribution is -2.57. The fourth-order valence-corrected chi connectivity index (χ4v) is 2.64. The predicted molar refractivity (Wildman–Crippen MR) is 87.3 cm³/mol. The molecule has 1 fully saturated rings. The maximum atomic E-state index is 12.2. The van der Waals surface area contributed by atoms with Crippen LogP contribution < -0.4 is 10.6 Å². The van der Waals surface area contributed by atoms with Crippen LogP contribution in [0.4, 0.5) is 4.79 Å². The lowest BCUT2D eigenvalue weighted by Gasteiger charge is -2.39. The topological polar surface area (TPSA) is 86.3 Å². The first kappa shape index (κ1) is 17.4. The highest BCUT2D eigenvalue weighted by atomic mass is 16.6. The molecule has 2 aliphatic rings. The number of aliphatic imine (C=N–C) groups is 1. The van der Waals surface area contributed by atoms with Crippen molar-refractivity contribution in [2.45, 2.75) is 39.3 Å². The van der Waals surface area contributed by atoms with Gasteiger partial charge in [-0.15, -0.1) is 0 Å². The van der Waals surface area contributed by atoms with Crippen molar-refractivity contribution < 1.29 is 14.3 Å². The molecule has 1 unspecified atom stereocenters. The van der Waals surface area contributed by atoms with E-state index in [-0.39, 0.29) is 18.0 Å². The predicted octanol–water partition coefficient (Wildman–Crippen LogP) is 0.00300. The number of piperazine rings is 1. The number of guanidine groups is 1. The number of amides is 2. The van der Waals surface area contributed by atoms with Crippen LogP contribution in [0.2, 0.25) is 0 Å². The van der Waals surface area contributed by atoms with Crippen LogP contribution in [0.3, 0.4) is 0 Å². The Morgan fingerprint density at radius 1 is 1.30 bits per heavy atom. The first-order valence-corrected chi connectivity index (χ1v) is 8.03. The summed E-state index contributed by atoms with van der Waals surface area (Å²) in [5.74, 6) is 0.813. The molecule has 23 heavy (non-hydrogen) atoms. The van der Waals surface area contributed by atoms with Gasteiger partial charge in [-0.05, 0) is 20.8 Å². The number of hydrogen-bond acceptors (Lipinski definition) is 6. The molecule has 0 aromatic rings. The van der Waals surface area contributed by atoms with Crippen molar-refractivity contribution in [3.05, 3.63) is 0 Å². The molecule has 8 heteroatoms. The second-order valence-corrected chi connectivity index (χ2v) is 6.85. The Balaban J connectivity index is 1.78. The summed E-state index contributed by atoms with van der Waals surface area (Å²) >= 11 is 0. The summed E-state index contributed by atoms with van der Waals surface area (Å²) in [5, 5.41) is 5.99. The standard InChI is InChI=1S/C15H27N5O3/c1-11(21)16-5-6-17-13-18-9-12-10-19(7-8-20(12)13)14(22)23-15(2,3)4/h12H,5-10H2,1-4H3,(H,16,21)(H,17,18). The highest BCUT2D eigenvalue weighted by Gasteiger charge is 2.36. The molecule has 0 spiro atoms. The number of hydrogen-bond donors (Lipinski definition) is 2. The molecule has 2 amide bonds. The maximum Gasteiger partial charge on any atom is 0.410 e. The van der Waals surface area contributed by atoms with E-state index in [1.165, 1.54) is 6.92 Å². The third-order valence-corrected chi connectivity index (χ3v) is 3.64. The molecule has 2 aliphatic heterocycles. The summed E-state index contributed by atoms with van der Waals surface area (Å²) in [6, 6.07) is 0.194. The summed E-state index contributed by atoms with van der Waals surface area (Å²) < 4.78 is 5.43. The van der Waals surface area contributed by atoms with E-state index in [2.05, 4.69) is 20.5 Å². The van der Waals surface area contributed by atoms with Crippen molar-refractivity contribution in [3.63, 3.8) is 0 Å². The van der Waals surface area contributed by atoms with Gasteiger partial charge in [0.25, 0.3) is 0 Å². The second-order valence-electron chi connectivity index (χ2n) is 6.85. The molecule has 0 saturated carbocycles. The van der Waals surface area contributed by atoms with Crippen LogP contribution in [0.25, 0.3) is 0 Å². The van der Waals surface area contributed by atoms with Gasteiger partial charge in [0, 0.05) is 39.6 Å². The van der Waals surface area contributed by atoms with E-state index in [0.29, 0.717) is 32.7 Å². The summed E-state index contributed by atoms with van der Waals surface area (Å²) in [6.07, 6.45) is -0.260. The molecule has 0 bridgehead atoms. The summed E-state index contributed by atoms with van der Waals surface area (Å²) in [6.45, 7) is 11.0. The van der Waals surface area contributed by atoms with Crippen LogP contribution in [0, 0.1) is 0 Å². The minimum absolute atomic E-state index is 0.0380. The van der Waals surface area contributed by atoms with Crippen molar-refractivity contribution in [1.29, 1.82) is 0 Å². The van der Waals surface area contributed by atoms with Crippen LogP contribution in [-0.4, -0.2) is 78.7 Å². The zero-order chi connectivity index (χ0) is 17.0. The molecule has 0 aliphatic carbocycles. The van der Waals surface area contributed by atoms with Crippen molar-refractivity contribution in [3.8, 4) is 0 Å². The SMILES string of the molecule is CC(=O)NCCNC1=NCC2CN(C(=O)OC(C)(C)C)CCN12. The fraction of sp³-hybridized carbons (Fsp3) is 0.800. The van der Waals surface area contributed by atoms with Crippen LogP contribution in [0.1, 0.15) is 27.7 Å². The normalized spacial score (nSPS) is 20.7. The minimum atomic E-state index is -0.475. The van der Waals surface area contributed by atoms with E-state index in [0.717, 1.165) is 12.5 Å². The number of carbonyl (C=O) groups excluding carboxylic acids is 2. The van der Waals surface area contributed by atoms with Gasteiger partial charge in [0.15, 0.2) is 5.96 Å². The molecule has 0 aromatic heterocycles. The quantitative estimate of drug-likeness (QED) is 0.714. The first-order chi connectivity index (χ1) is 10.8. The minimum Gasteiger partial charge on any atom is -0.444 e. The molecule has 130 valence electrons. The molecule has 0 radical (unpaired) electrons. The van der Waals surface area contributed by atoms with Gasteiger partial charge in [-0.3, -0.25) is 9.79 Å². The molecule has 2 heterocycles. The summed E-state index contributed by atoms with van der Waals surface area (Å²) in [5.41, 5.74) is -0.475. The van der Waals surface area contributed by atoms with Gasteiger partial charge in [0.05, 0.1) is 12.6 Å². The van der Waals surface area contributed by atoms with Gasteiger partial charge in [-0.25, -0.2) is 4.79 Å². The van der Waals surface area contributed by atoms with Gasteiger partial charge in [0.1, 0.15) is 5.60 Å². The molecule has 2 N–H and O–H groups in total.